The van der Waals surface area contributed by atoms with Crippen molar-refractivity contribution >= 4 is 29.2 Å². The highest BCUT2D eigenvalue weighted by Gasteiger charge is 2.12. The summed E-state index contributed by atoms with van der Waals surface area (Å²) in [5, 5.41) is 2.92. The highest BCUT2D eigenvalue weighted by atomic mass is 32.2. The first-order valence-corrected chi connectivity index (χ1v) is 10.8. The minimum atomic E-state index is -0.296. The number of carbonyl (C=O) groups excluding carboxylic acids is 1. The maximum Gasteiger partial charge on any atom is 0.274 e. The monoisotopic (exact) mass is 445 g/mol. The summed E-state index contributed by atoms with van der Waals surface area (Å²) in [6.45, 7) is 4.13. The van der Waals surface area contributed by atoms with Gasteiger partial charge in [0.15, 0.2) is 0 Å². The predicted molar refractivity (Wildman–Crippen MR) is 128 cm³/mol. The van der Waals surface area contributed by atoms with Crippen LogP contribution in [0.3, 0.4) is 0 Å². The van der Waals surface area contributed by atoms with Crippen molar-refractivity contribution in [2.45, 2.75) is 18.7 Å². The molecule has 0 aliphatic heterocycles. The number of amides is 1. The number of benzene rings is 2. The van der Waals surface area contributed by atoms with E-state index >= 15 is 0 Å². The smallest absolute Gasteiger partial charge is 0.274 e. The third-order valence-electron chi connectivity index (χ3n) is 4.94. The van der Waals surface area contributed by atoms with E-state index in [0.717, 1.165) is 27.4 Å². The predicted octanol–water partition coefficient (Wildman–Crippen LogP) is 5.26. The Morgan fingerprint density at radius 1 is 1.06 bits per heavy atom. The molecule has 2 heterocycles. The van der Waals surface area contributed by atoms with E-state index in [1.165, 1.54) is 11.9 Å². The second-order valence-electron chi connectivity index (χ2n) is 7.16. The lowest BCUT2D eigenvalue weighted by molar-refractivity contribution is 0.102. The van der Waals surface area contributed by atoms with Crippen LogP contribution in [0, 0.1) is 13.8 Å². The van der Waals surface area contributed by atoms with E-state index < -0.39 is 0 Å². The van der Waals surface area contributed by atoms with Crippen molar-refractivity contribution in [1.29, 1.82) is 0 Å². The van der Waals surface area contributed by atoms with Gasteiger partial charge in [-0.2, -0.15) is 0 Å². The molecule has 2 aromatic carbocycles. The standard InChI is InChI=1S/C24H23N5O2S/c1-16-5-4-6-17(2)23(16)28-32-22-13-18(7-8-21(22)31-3)27-24(30)20-14-19(9-10-26-20)29-12-11-25-15-29/h4-15,28H,1-3H3,(H,27,30). The van der Waals surface area contributed by atoms with E-state index in [1.807, 2.05) is 35.0 Å². The molecule has 0 aliphatic rings. The molecule has 4 aromatic rings. The molecule has 162 valence electrons. The molecular formula is C24H23N5O2S. The number of carbonyl (C=O) groups is 1. The molecule has 1 amide bonds. The lowest BCUT2D eigenvalue weighted by Gasteiger charge is -2.15. The summed E-state index contributed by atoms with van der Waals surface area (Å²) in [5.41, 5.74) is 5.15. The van der Waals surface area contributed by atoms with Crippen LogP contribution in [0.25, 0.3) is 5.69 Å². The molecule has 0 aliphatic carbocycles. The van der Waals surface area contributed by atoms with Crippen LogP contribution in [0.2, 0.25) is 0 Å². The Kier molecular flexibility index (Phi) is 6.42. The number of hydrogen-bond acceptors (Lipinski definition) is 6. The molecule has 0 bridgehead atoms. The van der Waals surface area contributed by atoms with Crippen molar-refractivity contribution in [3.63, 3.8) is 0 Å². The minimum Gasteiger partial charge on any atom is -0.496 e. The SMILES string of the molecule is COc1ccc(NC(=O)c2cc(-n3ccnc3)ccn2)cc1SNc1c(C)cccc1C. The van der Waals surface area contributed by atoms with Gasteiger partial charge in [-0.25, -0.2) is 4.98 Å². The fourth-order valence-electron chi connectivity index (χ4n) is 3.23. The molecule has 0 atom stereocenters. The number of aromatic nitrogens is 3. The Bertz CT molecular complexity index is 1220. The van der Waals surface area contributed by atoms with Crippen LogP contribution in [0.15, 0.2) is 78.3 Å². The summed E-state index contributed by atoms with van der Waals surface area (Å²) in [6.07, 6.45) is 6.78. The summed E-state index contributed by atoms with van der Waals surface area (Å²) in [7, 11) is 1.63. The van der Waals surface area contributed by atoms with Crippen molar-refractivity contribution in [1.82, 2.24) is 14.5 Å². The quantitative estimate of drug-likeness (QED) is 0.378. The van der Waals surface area contributed by atoms with Gasteiger partial charge in [0.1, 0.15) is 11.4 Å². The van der Waals surface area contributed by atoms with E-state index in [2.05, 4.69) is 46.0 Å². The van der Waals surface area contributed by atoms with Crippen LogP contribution in [-0.2, 0) is 0 Å². The van der Waals surface area contributed by atoms with Crippen LogP contribution >= 0.6 is 11.9 Å². The first-order valence-electron chi connectivity index (χ1n) is 9.98. The van der Waals surface area contributed by atoms with Crippen LogP contribution < -0.4 is 14.8 Å². The number of nitrogens with one attached hydrogen (secondary N) is 2. The molecule has 7 nitrogen and oxygen atoms in total. The zero-order chi connectivity index (χ0) is 22.5. The van der Waals surface area contributed by atoms with E-state index in [-0.39, 0.29) is 5.91 Å². The van der Waals surface area contributed by atoms with E-state index in [1.54, 1.807) is 38.0 Å². The summed E-state index contributed by atoms with van der Waals surface area (Å²) < 4.78 is 10.7. The normalized spacial score (nSPS) is 10.6. The topological polar surface area (TPSA) is 81.1 Å². The van der Waals surface area contributed by atoms with Gasteiger partial charge in [0.25, 0.3) is 5.91 Å². The molecule has 0 saturated heterocycles. The van der Waals surface area contributed by atoms with Crippen LogP contribution in [-0.4, -0.2) is 27.6 Å². The van der Waals surface area contributed by atoms with Gasteiger partial charge in [-0.15, -0.1) is 0 Å². The zero-order valence-corrected chi connectivity index (χ0v) is 18.8. The molecule has 32 heavy (non-hydrogen) atoms. The molecule has 0 fully saturated rings. The number of pyridine rings is 1. The molecular weight excluding hydrogens is 422 g/mol. The largest absolute Gasteiger partial charge is 0.496 e. The average molecular weight is 446 g/mol. The Labute approximate surface area is 191 Å². The average Bonchev–Trinajstić information content (AvgIpc) is 3.34. The molecule has 0 radical (unpaired) electrons. The summed E-state index contributed by atoms with van der Waals surface area (Å²) in [5.74, 6) is 0.419. The van der Waals surface area contributed by atoms with Gasteiger partial charge in [0.2, 0.25) is 0 Å². The van der Waals surface area contributed by atoms with E-state index in [4.69, 9.17) is 4.74 Å². The van der Waals surface area contributed by atoms with Gasteiger partial charge in [-0.1, -0.05) is 18.2 Å². The number of hydrogen-bond donors (Lipinski definition) is 2. The van der Waals surface area contributed by atoms with Crippen molar-refractivity contribution in [3.05, 3.63) is 90.3 Å². The fraction of sp³-hybridized carbons (Fsp3) is 0.125. The molecule has 4 rings (SSSR count). The molecule has 0 saturated carbocycles. The Morgan fingerprint density at radius 3 is 2.59 bits per heavy atom. The second kappa shape index (κ2) is 9.57. The van der Waals surface area contributed by atoms with Crippen LogP contribution in [0.5, 0.6) is 5.75 Å². The van der Waals surface area contributed by atoms with Gasteiger partial charge >= 0.3 is 0 Å². The maximum atomic E-state index is 12.8. The highest BCUT2D eigenvalue weighted by Crippen LogP contribution is 2.34. The number of rotatable bonds is 7. The van der Waals surface area contributed by atoms with Crippen LogP contribution in [0.4, 0.5) is 11.4 Å². The number of anilines is 2. The molecule has 0 spiro atoms. The van der Waals surface area contributed by atoms with Gasteiger partial charge in [0.05, 0.1) is 29.7 Å². The Balaban J connectivity index is 1.52. The zero-order valence-electron chi connectivity index (χ0n) is 18.0. The number of methoxy groups -OCH3 is 1. The van der Waals surface area contributed by atoms with E-state index in [0.29, 0.717) is 17.1 Å². The minimum absolute atomic E-state index is 0.296. The van der Waals surface area contributed by atoms with Crippen molar-refractivity contribution in [2.24, 2.45) is 0 Å². The number of ether oxygens (including phenoxy) is 1. The van der Waals surface area contributed by atoms with Crippen molar-refractivity contribution < 1.29 is 9.53 Å². The molecule has 2 N–H and O–H groups in total. The molecule has 2 aromatic heterocycles. The highest BCUT2D eigenvalue weighted by molar-refractivity contribution is 8.00. The summed E-state index contributed by atoms with van der Waals surface area (Å²) in [4.78, 5) is 21.9. The van der Waals surface area contributed by atoms with Gasteiger partial charge in [-0.3, -0.25) is 9.78 Å². The number of para-hydroxylation sites is 1. The van der Waals surface area contributed by atoms with E-state index in [9.17, 15) is 4.79 Å². The van der Waals surface area contributed by atoms with Crippen LogP contribution in [0.1, 0.15) is 21.6 Å². The summed E-state index contributed by atoms with van der Waals surface area (Å²) >= 11 is 1.44. The lowest BCUT2D eigenvalue weighted by Crippen LogP contribution is -2.14. The fourth-order valence-corrected chi connectivity index (χ4v) is 4.20. The maximum absolute atomic E-state index is 12.8. The lowest BCUT2D eigenvalue weighted by atomic mass is 10.1. The third kappa shape index (κ3) is 4.76. The first kappa shape index (κ1) is 21.5. The van der Waals surface area contributed by atoms with Gasteiger partial charge in [0, 0.05) is 24.3 Å². The second-order valence-corrected chi connectivity index (χ2v) is 8.01. The van der Waals surface area contributed by atoms with Crippen molar-refractivity contribution in [3.8, 4) is 11.4 Å². The molecule has 0 unspecified atom stereocenters. The number of aryl methyl sites for hydroxylation is 2. The molecule has 8 heteroatoms. The van der Waals surface area contributed by atoms with Gasteiger partial charge in [-0.05, 0) is 67.3 Å². The number of nitrogens with zero attached hydrogens (tertiary/aromatic N) is 3. The first-order chi connectivity index (χ1) is 15.5. The van der Waals surface area contributed by atoms with Crippen molar-refractivity contribution in [2.75, 3.05) is 17.1 Å². The number of imidazole rings is 1. The summed E-state index contributed by atoms with van der Waals surface area (Å²) in [6, 6.07) is 15.2. The third-order valence-corrected chi connectivity index (χ3v) is 5.79. The Hall–Kier alpha value is -3.78. The van der Waals surface area contributed by atoms with Gasteiger partial charge < -0.3 is 19.3 Å². The Morgan fingerprint density at radius 2 is 1.88 bits per heavy atom.